The van der Waals surface area contributed by atoms with Gasteiger partial charge in [0.25, 0.3) is 17.7 Å². The fourth-order valence-electron chi connectivity index (χ4n) is 3.38. The number of amides is 3. The summed E-state index contributed by atoms with van der Waals surface area (Å²) in [5.41, 5.74) is 0.000677. The molecule has 2 aromatic rings. The Hall–Kier alpha value is -3.82. The van der Waals surface area contributed by atoms with Crippen molar-refractivity contribution in [2.24, 2.45) is 5.92 Å². The van der Waals surface area contributed by atoms with Gasteiger partial charge in [-0.2, -0.15) is 0 Å². The molecule has 1 saturated heterocycles. The monoisotopic (exact) mass is 460 g/mol. The molecule has 0 spiro atoms. The Bertz CT molecular complexity index is 1050. The van der Waals surface area contributed by atoms with Crippen molar-refractivity contribution in [1.82, 2.24) is 10.2 Å². The highest BCUT2D eigenvalue weighted by Crippen LogP contribution is 2.21. The maximum atomic E-state index is 13.8. The molecule has 0 bridgehead atoms. The third-order valence-corrected chi connectivity index (χ3v) is 5.23. The van der Waals surface area contributed by atoms with Crippen LogP contribution in [0, 0.1) is 17.6 Å². The Balaban J connectivity index is 1.43. The summed E-state index contributed by atoms with van der Waals surface area (Å²) < 4.78 is 36.9. The summed E-state index contributed by atoms with van der Waals surface area (Å²) in [5.74, 6) is -4.34. The quantitative estimate of drug-likeness (QED) is 0.664. The molecule has 0 aliphatic carbocycles. The first-order chi connectivity index (χ1) is 15.8. The predicted molar refractivity (Wildman–Crippen MR) is 111 cm³/mol. The van der Waals surface area contributed by atoms with Gasteiger partial charge in [0.2, 0.25) is 0 Å². The second-order valence-corrected chi connectivity index (χ2v) is 7.40. The topological polar surface area (TPSA) is 102 Å². The fourth-order valence-corrected chi connectivity index (χ4v) is 3.38. The molecule has 33 heavy (non-hydrogen) atoms. The van der Waals surface area contributed by atoms with Gasteiger partial charge in [-0.15, -0.1) is 0 Å². The largest absolute Gasteiger partial charge is 0.497 e. The zero-order valence-corrected chi connectivity index (χ0v) is 17.8. The normalized spacial score (nSPS) is 13.8. The lowest BCUT2D eigenvalue weighted by Crippen LogP contribution is -2.41. The second kappa shape index (κ2) is 10.7. The van der Waals surface area contributed by atoms with Crippen molar-refractivity contribution < 1.29 is 37.4 Å². The average Bonchev–Trinajstić information content (AvgIpc) is 2.82. The molecule has 2 aromatic carbocycles. The van der Waals surface area contributed by atoms with Crippen molar-refractivity contribution in [1.29, 1.82) is 0 Å². The van der Waals surface area contributed by atoms with Crippen LogP contribution in [-0.2, 0) is 14.3 Å². The number of methoxy groups -OCH3 is 1. The molecule has 3 rings (SSSR count). The number of hydrogen-bond acceptors (Lipinski definition) is 6. The number of carbonyl (C=O) groups is 4. The lowest BCUT2D eigenvalue weighted by molar-refractivity contribution is -0.153. The van der Waals surface area contributed by atoms with Crippen molar-refractivity contribution in [3.63, 3.8) is 0 Å². The molecule has 174 valence electrons. The van der Waals surface area contributed by atoms with Crippen LogP contribution in [0.25, 0.3) is 0 Å². The Morgan fingerprint density at radius 2 is 1.70 bits per heavy atom. The van der Waals surface area contributed by atoms with E-state index in [9.17, 15) is 28.0 Å². The minimum absolute atomic E-state index is 0.178. The van der Waals surface area contributed by atoms with E-state index in [2.05, 4.69) is 5.32 Å². The zero-order chi connectivity index (χ0) is 24.0. The zero-order valence-electron chi connectivity index (χ0n) is 17.8. The van der Waals surface area contributed by atoms with Crippen LogP contribution in [0.3, 0.4) is 0 Å². The van der Waals surface area contributed by atoms with Gasteiger partial charge in [0.15, 0.2) is 6.61 Å². The summed E-state index contributed by atoms with van der Waals surface area (Å²) in [4.78, 5) is 50.1. The molecule has 1 aliphatic rings. The van der Waals surface area contributed by atoms with E-state index >= 15 is 0 Å². The first kappa shape index (κ1) is 23.8. The molecule has 0 aromatic heterocycles. The van der Waals surface area contributed by atoms with Gasteiger partial charge in [0.05, 0.1) is 18.6 Å². The Kier molecular flexibility index (Phi) is 7.70. The van der Waals surface area contributed by atoms with Crippen molar-refractivity contribution in [3.8, 4) is 5.75 Å². The smallest absolute Gasteiger partial charge is 0.309 e. The van der Waals surface area contributed by atoms with Gasteiger partial charge in [-0.25, -0.2) is 8.78 Å². The molecule has 0 unspecified atom stereocenters. The van der Waals surface area contributed by atoms with Crippen LogP contribution in [0.5, 0.6) is 5.75 Å². The van der Waals surface area contributed by atoms with Crippen LogP contribution in [0.1, 0.15) is 33.6 Å². The van der Waals surface area contributed by atoms with Crippen molar-refractivity contribution in [2.75, 3.05) is 26.8 Å². The summed E-state index contributed by atoms with van der Waals surface area (Å²) in [6.07, 6.45) is 0.527. The van der Waals surface area contributed by atoms with Crippen molar-refractivity contribution in [3.05, 3.63) is 65.2 Å². The van der Waals surface area contributed by atoms with Crippen LogP contribution in [0.2, 0.25) is 0 Å². The minimum Gasteiger partial charge on any atom is -0.497 e. The second-order valence-electron chi connectivity index (χ2n) is 7.40. The summed E-state index contributed by atoms with van der Waals surface area (Å²) in [6.45, 7) is -0.268. The van der Waals surface area contributed by atoms with E-state index in [1.165, 1.54) is 24.1 Å². The number of halogens is 2. The molecule has 0 atom stereocenters. The SMILES string of the molecule is COc1ccc(C(=O)NC(=O)COC(=O)C2CCN(C(=O)c3ccc(F)cc3F)CC2)cc1. The first-order valence-corrected chi connectivity index (χ1v) is 10.2. The van der Waals surface area contributed by atoms with Gasteiger partial charge < -0.3 is 14.4 Å². The molecular weight excluding hydrogens is 438 g/mol. The van der Waals surface area contributed by atoms with Gasteiger partial charge in [-0.05, 0) is 49.2 Å². The van der Waals surface area contributed by atoms with E-state index in [0.717, 1.165) is 12.1 Å². The fraction of sp³-hybridized carbons (Fsp3) is 0.304. The van der Waals surface area contributed by atoms with Crippen LogP contribution < -0.4 is 10.1 Å². The van der Waals surface area contributed by atoms with Gasteiger partial charge in [-0.1, -0.05) is 0 Å². The average molecular weight is 460 g/mol. The number of esters is 1. The molecule has 0 radical (unpaired) electrons. The van der Waals surface area contributed by atoms with E-state index in [0.29, 0.717) is 11.8 Å². The summed E-state index contributed by atoms with van der Waals surface area (Å²) >= 11 is 0. The van der Waals surface area contributed by atoms with Crippen molar-refractivity contribution in [2.45, 2.75) is 12.8 Å². The van der Waals surface area contributed by atoms with E-state index < -0.39 is 47.9 Å². The lowest BCUT2D eigenvalue weighted by atomic mass is 9.96. The highest BCUT2D eigenvalue weighted by atomic mass is 19.1. The van der Waals surface area contributed by atoms with Gasteiger partial charge in [-0.3, -0.25) is 24.5 Å². The lowest BCUT2D eigenvalue weighted by Gasteiger charge is -2.31. The molecule has 1 aliphatic heterocycles. The molecule has 10 heteroatoms. The van der Waals surface area contributed by atoms with E-state index in [4.69, 9.17) is 9.47 Å². The number of piperidine rings is 1. The van der Waals surface area contributed by atoms with Crippen LogP contribution in [0.4, 0.5) is 8.78 Å². The Morgan fingerprint density at radius 3 is 2.30 bits per heavy atom. The van der Waals surface area contributed by atoms with E-state index in [1.54, 1.807) is 12.1 Å². The number of likely N-dealkylation sites (tertiary alicyclic amines) is 1. The number of ether oxygens (including phenoxy) is 2. The number of benzene rings is 2. The molecule has 0 saturated carbocycles. The minimum atomic E-state index is -0.947. The van der Waals surface area contributed by atoms with Gasteiger partial charge in [0.1, 0.15) is 17.4 Å². The Labute approximate surface area is 188 Å². The number of nitrogens with one attached hydrogen (secondary N) is 1. The highest BCUT2D eigenvalue weighted by Gasteiger charge is 2.30. The maximum Gasteiger partial charge on any atom is 0.309 e. The van der Waals surface area contributed by atoms with Gasteiger partial charge in [0, 0.05) is 24.7 Å². The third kappa shape index (κ3) is 6.12. The first-order valence-electron chi connectivity index (χ1n) is 10.2. The van der Waals surface area contributed by atoms with Crippen LogP contribution in [0.15, 0.2) is 42.5 Å². The third-order valence-electron chi connectivity index (χ3n) is 5.23. The molecule has 1 fully saturated rings. The number of rotatable bonds is 6. The highest BCUT2D eigenvalue weighted by molar-refractivity contribution is 6.05. The molecule has 1 N–H and O–H groups in total. The van der Waals surface area contributed by atoms with E-state index in [-0.39, 0.29) is 37.1 Å². The standard InChI is InChI=1S/C23H22F2N2O6/c1-32-17-5-2-14(3-6-17)21(29)26-20(28)13-33-23(31)15-8-10-27(11-9-15)22(30)18-7-4-16(24)12-19(18)25/h2-7,12,15H,8-11,13H2,1H3,(H,26,28,29). The number of imide groups is 1. The van der Waals surface area contributed by atoms with Crippen LogP contribution in [-0.4, -0.2) is 55.4 Å². The number of carbonyl (C=O) groups excluding carboxylic acids is 4. The summed E-state index contributed by atoms with van der Waals surface area (Å²) in [7, 11) is 1.49. The molecular formula is C23H22F2N2O6. The Morgan fingerprint density at radius 1 is 1.03 bits per heavy atom. The summed E-state index contributed by atoms with van der Waals surface area (Å²) in [5, 5.41) is 2.13. The molecule has 8 nitrogen and oxygen atoms in total. The molecule has 3 amide bonds. The predicted octanol–water partition coefficient (Wildman–Crippen LogP) is 2.33. The number of hydrogen-bond donors (Lipinski definition) is 1. The summed E-state index contributed by atoms with van der Waals surface area (Å²) in [6, 6.07) is 8.84. The number of nitrogens with zero attached hydrogens (tertiary/aromatic N) is 1. The van der Waals surface area contributed by atoms with E-state index in [1.807, 2.05) is 0 Å². The maximum absolute atomic E-state index is 13.8. The van der Waals surface area contributed by atoms with Crippen LogP contribution >= 0.6 is 0 Å². The van der Waals surface area contributed by atoms with Gasteiger partial charge >= 0.3 is 5.97 Å². The van der Waals surface area contributed by atoms with Crippen molar-refractivity contribution >= 4 is 23.7 Å². The molecule has 1 heterocycles.